The second kappa shape index (κ2) is 7.16. The fourth-order valence-corrected chi connectivity index (χ4v) is 3.42. The van der Waals surface area contributed by atoms with Crippen molar-refractivity contribution in [3.63, 3.8) is 0 Å². The molecular weight excluding hydrogens is 350 g/mol. The third kappa shape index (κ3) is 3.57. The fraction of sp³-hybridized carbons (Fsp3) is 0.200. The zero-order chi connectivity index (χ0) is 16.2. The summed E-state index contributed by atoms with van der Waals surface area (Å²) in [5.74, 6) is 0.857. The Balaban J connectivity index is 1.76. The molecule has 1 N–H and O–H groups in total. The van der Waals surface area contributed by atoms with E-state index in [-0.39, 0.29) is 6.04 Å². The molecule has 0 amide bonds. The van der Waals surface area contributed by atoms with Crippen LogP contribution in [0.2, 0.25) is 0 Å². The van der Waals surface area contributed by atoms with Crippen molar-refractivity contribution in [1.82, 2.24) is 5.32 Å². The molecule has 0 bridgehead atoms. The lowest BCUT2D eigenvalue weighted by Crippen LogP contribution is -2.18. The summed E-state index contributed by atoms with van der Waals surface area (Å²) in [5.41, 5.74) is 2.56. The first-order valence-corrected chi connectivity index (χ1v) is 8.52. The second-order valence-corrected chi connectivity index (χ2v) is 6.49. The molecule has 2 nitrogen and oxygen atoms in total. The Kier molecular flexibility index (Phi) is 4.99. The van der Waals surface area contributed by atoms with Crippen LogP contribution in [-0.4, -0.2) is 7.11 Å². The standard InChI is InChI=1S/C20H20BrNO/c1-14(17-9-5-7-16-6-3-4-8-18(16)17)22-13-15-10-11-20(23-2)19(21)12-15/h3-12,14,22H,13H2,1-2H3/t14-/m1/s1. The largest absolute Gasteiger partial charge is 0.496 e. The number of nitrogens with one attached hydrogen (secondary N) is 1. The average molecular weight is 370 g/mol. The smallest absolute Gasteiger partial charge is 0.133 e. The van der Waals surface area contributed by atoms with Crippen LogP contribution in [0, 0.1) is 0 Å². The third-order valence-corrected chi connectivity index (χ3v) is 4.74. The van der Waals surface area contributed by atoms with Gasteiger partial charge in [0.2, 0.25) is 0 Å². The molecule has 0 aromatic heterocycles. The van der Waals surface area contributed by atoms with Crippen molar-refractivity contribution in [1.29, 1.82) is 0 Å². The average Bonchev–Trinajstić information content (AvgIpc) is 2.59. The fourth-order valence-electron chi connectivity index (χ4n) is 2.83. The van der Waals surface area contributed by atoms with E-state index in [1.54, 1.807) is 7.11 Å². The van der Waals surface area contributed by atoms with E-state index in [1.165, 1.54) is 21.9 Å². The summed E-state index contributed by atoms with van der Waals surface area (Å²) in [6.07, 6.45) is 0. The van der Waals surface area contributed by atoms with Crippen molar-refractivity contribution < 1.29 is 4.74 Å². The minimum Gasteiger partial charge on any atom is -0.496 e. The minimum absolute atomic E-state index is 0.280. The van der Waals surface area contributed by atoms with Crippen LogP contribution in [-0.2, 0) is 6.54 Å². The van der Waals surface area contributed by atoms with E-state index < -0.39 is 0 Å². The quantitative estimate of drug-likeness (QED) is 0.644. The summed E-state index contributed by atoms with van der Waals surface area (Å²) in [7, 11) is 1.68. The zero-order valence-electron chi connectivity index (χ0n) is 13.3. The summed E-state index contributed by atoms with van der Waals surface area (Å²) in [6.45, 7) is 3.02. The Morgan fingerprint density at radius 3 is 2.61 bits per heavy atom. The summed E-state index contributed by atoms with van der Waals surface area (Å²) < 4.78 is 6.26. The van der Waals surface area contributed by atoms with E-state index in [0.29, 0.717) is 0 Å². The molecule has 1 atom stereocenters. The van der Waals surface area contributed by atoms with E-state index >= 15 is 0 Å². The van der Waals surface area contributed by atoms with Crippen LogP contribution in [0.1, 0.15) is 24.1 Å². The van der Waals surface area contributed by atoms with Gasteiger partial charge in [0.25, 0.3) is 0 Å². The summed E-state index contributed by atoms with van der Waals surface area (Å²) in [4.78, 5) is 0. The molecular formula is C20H20BrNO. The topological polar surface area (TPSA) is 21.3 Å². The monoisotopic (exact) mass is 369 g/mol. The van der Waals surface area contributed by atoms with E-state index in [1.807, 2.05) is 6.07 Å². The SMILES string of the molecule is COc1ccc(CN[C@H](C)c2cccc3ccccc23)cc1Br. The first-order valence-electron chi connectivity index (χ1n) is 7.72. The molecule has 3 rings (SSSR count). The number of halogens is 1. The number of methoxy groups -OCH3 is 1. The van der Waals surface area contributed by atoms with Gasteiger partial charge in [-0.05, 0) is 56.9 Å². The van der Waals surface area contributed by atoms with Crippen molar-refractivity contribution >= 4 is 26.7 Å². The lowest BCUT2D eigenvalue weighted by atomic mass is 9.99. The highest BCUT2D eigenvalue weighted by molar-refractivity contribution is 9.10. The molecule has 0 radical (unpaired) electrons. The van der Waals surface area contributed by atoms with Crippen LogP contribution in [0.5, 0.6) is 5.75 Å². The van der Waals surface area contributed by atoms with Crippen LogP contribution >= 0.6 is 15.9 Å². The molecule has 0 spiro atoms. The second-order valence-electron chi connectivity index (χ2n) is 5.64. The first kappa shape index (κ1) is 16.0. The molecule has 118 valence electrons. The van der Waals surface area contributed by atoms with Gasteiger partial charge in [0.1, 0.15) is 5.75 Å². The molecule has 3 heteroatoms. The van der Waals surface area contributed by atoms with Gasteiger partial charge < -0.3 is 10.1 Å². The number of fused-ring (bicyclic) bond motifs is 1. The molecule has 3 aromatic rings. The van der Waals surface area contributed by atoms with Crippen molar-refractivity contribution in [2.75, 3.05) is 7.11 Å². The van der Waals surface area contributed by atoms with Crippen molar-refractivity contribution in [3.05, 3.63) is 76.3 Å². The van der Waals surface area contributed by atoms with E-state index in [9.17, 15) is 0 Å². The highest BCUT2D eigenvalue weighted by atomic mass is 79.9. The Hall–Kier alpha value is -1.84. The van der Waals surface area contributed by atoms with E-state index in [4.69, 9.17) is 4.74 Å². The van der Waals surface area contributed by atoms with Crippen LogP contribution in [0.15, 0.2) is 65.1 Å². The lowest BCUT2D eigenvalue weighted by Gasteiger charge is -2.17. The summed E-state index contributed by atoms with van der Waals surface area (Å²) >= 11 is 3.54. The first-order chi connectivity index (χ1) is 11.2. The highest BCUT2D eigenvalue weighted by Gasteiger charge is 2.09. The maximum absolute atomic E-state index is 5.28. The zero-order valence-corrected chi connectivity index (χ0v) is 14.9. The van der Waals surface area contributed by atoms with Gasteiger partial charge in [-0.25, -0.2) is 0 Å². The predicted molar refractivity (Wildman–Crippen MR) is 99.9 cm³/mol. The van der Waals surface area contributed by atoms with Gasteiger partial charge in [-0.2, -0.15) is 0 Å². The predicted octanol–water partition coefficient (Wildman–Crippen LogP) is 5.46. The summed E-state index contributed by atoms with van der Waals surface area (Å²) in [6, 6.07) is 21.5. The van der Waals surface area contributed by atoms with Gasteiger partial charge in [0.05, 0.1) is 11.6 Å². The van der Waals surface area contributed by atoms with Crippen LogP contribution in [0.4, 0.5) is 0 Å². The van der Waals surface area contributed by atoms with Gasteiger partial charge in [-0.3, -0.25) is 0 Å². The molecule has 0 aliphatic carbocycles. The van der Waals surface area contributed by atoms with Gasteiger partial charge in [0.15, 0.2) is 0 Å². The molecule has 0 saturated carbocycles. The van der Waals surface area contributed by atoms with E-state index in [0.717, 1.165) is 16.8 Å². The Bertz CT molecular complexity index is 810. The maximum atomic E-state index is 5.28. The number of benzene rings is 3. The summed E-state index contributed by atoms with van der Waals surface area (Å²) in [5, 5.41) is 6.20. The van der Waals surface area contributed by atoms with Crippen molar-refractivity contribution in [2.45, 2.75) is 19.5 Å². The van der Waals surface area contributed by atoms with Gasteiger partial charge in [-0.15, -0.1) is 0 Å². The lowest BCUT2D eigenvalue weighted by molar-refractivity contribution is 0.412. The Labute approximate surface area is 145 Å². The number of rotatable bonds is 5. The molecule has 0 fully saturated rings. The molecule has 0 unspecified atom stereocenters. The third-order valence-electron chi connectivity index (χ3n) is 4.12. The van der Waals surface area contributed by atoms with Crippen LogP contribution in [0.25, 0.3) is 10.8 Å². The number of hydrogen-bond donors (Lipinski definition) is 1. The number of hydrogen-bond acceptors (Lipinski definition) is 2. The minimum atomic E-state index is 0.280. The molecule has 0 heterocycles. The van der Waals surface area contributed by atoms with Crippen molar-refractivity contribution in [3.8, 4) is 5.75 Å². The molecule has 0 aliphatic rings. The van der Waals surface area contributed by atoms with Crippen LogP contribution in [0.3, 0.4) is 0 Å². The van der Waals surface area contributed by atoms with Gasteiger partial charge in [0, 0.05) is 12.6 Å². The van der Waals surface area contributed by atoms with Crippen molar-refractivity contribution in [2.24, 2.45) is 0 Å². The Morgan fingerprint density at radius 2 is 1.83 bits per heavy atom. The number of ether oxygens (including phenoxy) is 1. The maximum Gasteiger partial charge on any atom is 0.133 e. The molecule has 3 aromatic carbocycles. The van der Waals surface area contributed by atoms with Gasteiger partial charge >= 0.3 is 0 Å². The molecule has 0 aliphatic heterocycles. The highest BCUT2D eigenvalue weighted by Crippen LogP contribution is 2.27. The Morgan fingerprint density at radius 1 is 1.04 bits per heavy atom. The van der Waals surface area contributed by atoms with Gasteiger partial charge in [-0.1, -0.05) is 48.5 Å². The molecule has 23 heavy (non-hydrogen) atoms. The normalized spacial score (nSPS) is 12.3. The van der Waals surface area contributed by atoms with Crippen LogP contribution < -0.4 is 10.1 Å². The van der Waals surface area contributed by atoms with E-state index in [2.05, 4.69) is 82.8 Å². The molecule has 0 saturated heterocycles.